The molecule has 0 heterocycles. The first-order valence-corrected chi connectivity index (χ1v) is 35.9. The van der Waals surface area contributed by atoms with Gasteiger partial charge in [0.15, 0.2) is 0 Å². The van der Waals surface area contributed by atoms with Crippen LogP contribution in [-0.4, -0.2) is 34.9 Å². The van der Waals surface area contributed by atoms with Crippen LogP contribution in [0.2, 0.25) is 0 Å². The van der Waals surface area contributed by atoms with Crippen LogP contribution < -0.4 is 5.32 Å². The summed E-state index contributed by atoms with van der Waals surface area (Å²) in [5, 5.41) is 23.3. The summed E-state index contributed by atoms with van der Waals surface area (Å²) in [6, 6.07) is -0.624. The van der Waals surface area contributed by atoms with Gasteiger partial charge in [-0.05, 0) is 57.8 Å². The SMILES string of the molecule is CCCCCCC/C=C\C/C=C\C/C=C\CCCCCCCCCCCCCCCCCCCCC(=O)NC(CO)C(O)/C=C/CCCCCCCCCCCCCCCCCCCCCCCCCCCCCCCCC. The van der Waals surface area contributed by atoms with Crippen LogP contribution in [0.25, 0.3) is 0 Å². The molecule has 0 fully saturated rings. The quantitative estimate of drug-likeness (QED) is 0.0420. The Bertz CT molecular complexity index is 1240. The second-order valence-corrected chi connectivity index (χ2v) is 24.7. The van der Waals surface area contributed by atoms with Crippen LogP contribution in [0.4, 0.5) is 0 Å². The highest BCUT2D eigenvalue weighted by Crippen LogP contribution is 2.19. The molecule has 4 nitrogen and oxygen atoms in total. The van der Waals surface area contributed by atoms with E-state index in [2.05, 4.69) is 55.6 Å². The van der Waals surface area contributed by atoms with Crippen molar-refractivity contribution >= 4 is 5.91 Å². The molecule has 0 aromatic rings. The van der Waals surface area contributed by atoms with E-state index in [0.717, 1.165) is 38.5 Å². The van der Waals surface area contributed by atoms with E-state index in [1.807, 2.05) is 6.08 Å². The highest BCUT2D eigenvalue weighted by molar-refractivity contribution is 5.76. The molecule has 0 aliphatic heterocycles. The minimum absolute atomic E-state index is 0.0571. The maximum atomic E-state index is 12.5. The fraction of sp³-hybridized carbons (Fsp3) is 0.878. The number of nitrogens with one attached hydrogen (secondary N) is 1. The van der Waals surface area contributed by atoms with Crippen molar-refractivity contribution in [2.24, 2.45) is 0 Å². The van der Waals surface area contributed by atoms with Gasteiger partial charge >= 0.3 is 0 Å². The summed E-state index contributed by atoms with van der Waals surface area (Å²) in [4.78, 5) is 12.5. The van der Waals surface area contributed by atoms with Gasteiger partial charge in [-0.3, -0.25) is 4.79 Å². The molecule has 460 valence electrons. The zero-order valence-corrected chi connectivity index (χ0v) is 53.2. The number of aliphatic hydroxyl groups is 2. The standard InChI is InChI=1S/C74H141NO3/c1-3-5-7-9-11-13-15-17-19-21-23-25-27-29-31-33-35-37-39-41-43-45-47-49-51-53-55-57-59-61-63-65-67-69-73(77)72(71-76)75-74(78)70-68-66-64-62-60-58-56-54-52-50-48-46-44-42-40-38-36-34-32-30-28-26-24-22-20-18-16-14-12-10-8-6-4-2/h16,18,22,24,28,30,67,69,72-73,76-77H,3-15,17,19-21,23,25-27,29,31-66,68,70-71H2,1-2H3,(H,75,78)/b18-16-,24-22-,30-28-,69-67+. The van der Waals surface area contributed by atoms with Gasteiger partial charge in [-0.2, -0.15) is 0 Å². The lowest BCUT2D eigenvalue weighted by Gasteiger charge is -2.20. The Balaban J connectivity index is 3.42. The topological polar surface area (TPSA) is 69.6 Å². The van der Waals surface area contributed by atoms with Crippen LogP contribution >= 0.6 is 0 Å². The Kier molecular flexibility index (Phi) is 68.1. The molecule has 0 aliphatic carbocycles. The normalized spacial score (nSPS) is 12.9. The van der Waals surface area contributed by atoms with Crippen molar-refractivity contribution < 1.29 is 15.0 Å². The van der Waals surface area contributed by atoms with E-state index in [0.29, 0.717) is 6.42 Å². The van der Waals surface area contributed by atoms with Crippen molar-refractivity contribution in [3.05, 3.63) is 48.6 Å². The molecule has 0 spiro atoms. The molecule has 2 unspecified atom stereocenters. The molecule has 0 bridgehead atoms. The number of carbonyl (C=O) groups excluding carboxylic acids is 1. The highest BCUT2D eigenvalue weighted by atomic mass is 16.3. The van der Waals surface area contributed by atoms with Crippen molar-refractivity contribution in [2.75, 3.05) is 6.61 Å². The second-order valence-electron chi connectivity index (χ2n) is 24.7. The number of hydrogen-bond acceptors (Lipinski definition) is 3. The van der Waals surface area contributed by atoms with Gasteiger partial charge in [-0.25, -0.2) is 0 Å². The summed E-state index contributed by atoms with van der Waals surface area (Å²) in [6.07, 6.45) is 97.8. The molecule has 3 N–H and O–H groups in total. The van der Waals surface area contributed by atoms with Crippen LogP contribution in [0.3, 0.4) is 0 Å². The summed E-state index contributed by atoms with van der Waals surface area (Å²) in [5.41, 5.74) is 0. The van der Waals surface area contributed by atoms with Crippen molar-refractivity contribution in [2.45, 2.75) is 411 Å². The summed E-state index contributed by atoms with van der Waals surface area (Å²) in [5.74, 6) is -0.0571. The van der Waals surface area contributed by atoms with Gasteiger partial charge in [-0.1, -0.05) is 383 Å². The predicted molar refractivity (Wildman–Crippen MR) is 350 cm³/mol. The van der Waals surface area contributed by atoms with E-state index >= 15 is 0 Å². The van der Waals surface area contributed by atoms with E-state index in [-0.39, 0.29) is 12.5 Å². The van der Waals surface area contributed by atoms with Crippen LogP contribution in [0.5, 0.6) is 0 Å². The Morgan fingerprint density at radius 1 is 0.308 bits per heavy atom. The second kappa shape index (κ2) is 69.6. The zero-order valence-electron chi connectivity index (χ0n) is 53.2. The average Bonchev–Trinajstić information content (AvgIpc) is 3.44. The van der Waals surface area contributed by atoms with Gasteiger partial charge in [-0.15, -0.1) is 0 Å². The van der Waals surface area contributed by atoms with Crippen molar-refractivity contribution in [3.8, 4) is 0 Å². The number of amides is 1. The van der Waals surface area contributed by atoms with E-state index in [1.54, 1.807) is 6.08 Å². The average molecular weight is 1090 g/mol. The molecule has 4 heteroatoms. The number of aliphatic hydroxyl groups excluding tert-OH is 2. The molecular weight excluding hydrogens is 951 g/mol. The maximum absolute atomic E-state index is 12.5. The molecule has 0 aromatic heterocycles. The number of rotatable bonds is 67. The number of allylic oxidation sites excluding steroid dienone is 7. The molecule has 0 saturated carbocycles. The molecule has 0 aromatic carbocycles. The van der Waals surface area contributed by atoms with Gasteiger partial charge < -0.3 is 15.5 Å². The first kappa shape index (κ1) is 76.3. The smallest absolute Gasteiger partial charge is 0.220 e. The molecule has 0 rings (SSSR count). The lowest BCUT2D eigenvalue weighted by atomic mass is 10.0. The largest absolute Gasteiger partial charge is 0.394 e. The first-order chi connectivity index (χ1) is 38.7. The van der Waals surface area contributed by atoms with E-state index < -0.39 is 12.1 Å². The molecule has 1 amide bonds. The van der Waals surface area contributed by atoms with Gasteiger partial charge in [0, 0.05) is 6.42 Å². The monoisotopic (exact) mass is 1090 g/mol. The lowest BCUT2D eigenvalue weighted by molar-refractivity contribution is -0.123. The van der Waals surface area contributed by atoms with Crippen molar-refractivity contribution in [1.29, 1.82) is 0 Å². The first-order valence-electron chi connectivity index (χ1n) is 35.9. The molecule has 78 heavy (non-hydrogen) atoms. The fourth-order valence-electron chi connectivity index (χ4n) is 11.4. The third-order valence-electron chi connectivity index (χ3n) is 16.8. The van der Waals surface area contributed by atoms with Gasteiger partial charge in [0.05, 0.1) is 18.8 Å². The number of unbranched alkanes of at least 4 members (excludes halogenated alkanes) is 54. The molecule has 0 radical (unpaired) electrons. The van der Waals surface area contributed by atoms with E-state index in [4.69, 9.17) is 0 Å². The fourth-order valence-corrected chi connectivity index (χ4v) is 11.4. The number of hydrogen-bond donors (Lipinski definition) is 3. The minimum Gasteiger partial charge on any atom is -0.394 e. The van der Waals surface area contributed by atoms with Gasteiger partial charge in [0.2, 0.25) is 5.91 Å². The zero-order chi connectivity index (χ0) is 56.2. The van der Waals surface area contributed by atoms with Gasteiger partial charge in [0.1, 0.15) is 0 Å². The molecule has 0 aliphatic rings. The third kappa shape index (κ3) is 65.2. The van der Waals surface area contributed by atoms with Crippen LogP contribution in [0.1, 0.15) is 399 Å². The molecule has 0 saturated heterocycles. The Morgan fingerprint density at radius 3 is 0.782 bits per heavy atom. The summed E-state index contributed by atoms with van der Waals surface area (Å²) in [7, 11) is 0. The van der Waals surface area contributed by atoms with E-state index in [9.17, 15) is 15.0 Å². The Morgan fingerprint density at radius 2 is 0.526 bits per heavy atom. The lowest BCUT2D eigenvalue weighted by Crippen LogP contribution is -2.45. The predicted octanol–water partition coefficient (Wildman–Crippen LogP) is 24.5. The Labute approximate surface area is 490 Å². The molecule has 2 atom stereocenters. The highest BCUT2D eigenvalue weighted by Gasteiger charge is 2.18. The molecular formula is C74H141NO3. The van der Waals surface area contributed by atoms with Gasteiger partial charge in [0.25, 0.3) is 0 Å². The minimum atomic E-state index is -0.841. The van der Waals surface area contributed by atoms with Crippen molar-refractivity contribution in [3.63, 3.8) is 0 Å². The van der Waals surface area contributed by atoms with Crippen LogP contribution in [0, 0.1) is 0 Å². The summed E-state index contributed by atoms with van der Waals surface area (Å²) >= 11 is 0. The van der Waals surface area contributed by atoms with Crippen molar-refractivity contribution in [1.82, 2.24) is 5.32 Å². The summed E-state index contributed by atoms with van der Waals surface area (Å²) in [6.45, 7) is 4.34. The number of carbonyl (C=O) groups is 1. The summed E-state index contributed by atoms with van der Waals surface area (Å²) < 4.78 is 0. The van der Waals surface area contributed by atoms with E-state index in [1.165, 1.54) is 340 Å². The Hall–Kier alpha value is -1.65. The third-order valence-corrected chi connectivity index (χ3v) is 16.8. The van der Waals surface area contributed by atoms with Crippen LogP contribution in [-0.2, 0) is 4.79 Å². The maximum Gasteiger partial charge on any atom is 0.220 e. The van der Waals surface area contributed by atoms with Crippen LogP contribution in [0.15, 0.2) is 48.6 Å².